The molecule has 2 N–H and O–H groups in total. The molecule has 0 unspecified atom stereocenters. The maximum absolute atomic E-state index is 13.0. The lowest BCUT2D eigenvalue weighted by atomic mass is 9.92. The van der Waals surface area contributed by atoms with Gasteiger partial charge in [-0.1, -0.05) is 48.5 Å². The van der Waals surface area contributed by atoms with E-state index in [-0.39, 0.29) is 43.3 Å². The highest BCUT2D eigenvalue weighted by Gasteiger charge is 2.30. The van der Waals surface area contributed by atoms with Crippen LogP contribution in [0.25, 0.3) is 10.9 Å². The second-order valence-corrected chi connectivity index (χ2v) is 8.29. The van der Waals surface area contributed by atoms with E-state index in [1.54, 1.807) is 10.6 Å². The van der Waals surface area contributed by atoms with Crippen molar-refractivity contribution in [2.45, 2.75) is 32.1 Å². The van der Waals surface area contributed by atoms with E-state index >= 15 is 0 Å². The summed E-state index contributed by atoms with van der Waals surface area (Å²) in [5.74, 6) is -0.440. The number of nitrogens with one attached hydrogen (secondary N) is 1. The average Bonchev–Trinajstić information content (AvgIpc) is 3.28. The van der Waals surface area contributed by atoms with Crippen molar-refractivity contribution in [1.29, 1.82) is 0 Å². The largest absolute Gasteiger partial charge is 0.459 e. The number of carbonyl (C=O) groups is 2. The Kier molecular flexibility index (Phi) is 8.31. The third-order valence-corrected chi connectivity index (χ3v) is 5.83. The lowest BCUT2D eigenvalue weighted by molar-refractivity contribution is -0.151. The highest BCUT2D eigenvalue weighted by Crippen LogP contribution is 2.36. The van der Waals surface area contributed by atoms with Crippen LogP contribution in [0.4, 0.5) is 0 Å². The third kappa shape index (κ3) is 6.16. The van der Waals surface area contributed by atoms with Gasteiger partial charge < -0.3 is 24.6 Å². The highest BCUT2D eigenvalue weighted by atomic mass is 16.7. The lowest BCUT2D eigenvalue weighted by Crippen LogP contribution is -2.33. The number of nitrogens with zero attached hydrogens (tertiary/aromatic N) is 1. The maximum Gasteiger partial charge on any atom is 0.286 e. The van der Waals surface area contributed by atoms with Crippen LogP contribution in [0.5, 0.6) is 0 Å². The van der Waals surface area contributed by atoms with Crippen LogP contribution >= 0.6 is 0 Å². The van der Waals surface area contributed by atoms with Crippen LogP contribution in [0.1, 0.15) is 35.2 Å². The molecule has 2 atom stereocenters. The Morgan fingerprint density at radius 2 is 1.86 bits per heavy atom. The standard InChI is InChI=1S/C27H30N2O6/c1-19(31)29-18-23(22-9-5-6-10-24(22)29)21-15-25(27(32)28-17-20-7-3-2-4-8-20)35-26(16-21)34-14-13-33-12-11-30/h2-10,15,18,21,26,30H,11-14,16-17H2,1H3,(H,28,32)/t21-,26+/m1/s1. The number of para-hydroxylation sites is 1. The van der Waals surface area contributed by atoms with E-state index in [0.29, 0.717) is 19.6 Å². The summed E-state index contributed by atoms with van der Waals surface area (Å²) in [6.45, 7) is 2.62. The van der Waals surface area contributed by atoms with Crippen LogP contribution in [0, 0.1) is 0 Å². The van der Waals surface area contributed by atoms with Gasteiger partial charge >= 0.3 is 0 Å². The predicted octanol–water partition coefficient (Wildman–Crippen LogP) is 3.36. The topological polar surface area (TPSA) is 99.0 Å². The summed E-state index contributed by atoms with van der Waals surface area (Å²) in [6.07, 6.45) is 3.44. The van der Waals surface area contributed by atoms with Gasteiger partial charge in [0.15, 0.2) is 5.76 Å². The number of aliphatic hydroxyl groups is 1. The summed E-state index contributed by atoms with van der Waals surface area (Å²) >= 11 is 0. The number of aromatic nitrogens is 1. The van der Waals surface area contributed by atoms with E-state index in [4.69, 9.17) is 19.3 Å². The summed E-state index contributed by atoms with van der Waals surface area (Å²) in [5.41, 5.74) is 2.73. The third-order valence-electron chi connectivity index (χ3n) is 5.83. The zero-order valence-corrected chi connectivity index (χ0v) is 19.7. The molecule has 2 aromatic carbocycles. The SMILES string of the molecule is CC(=O)n1cc([C@@H]2C=C(C(=O)NCc3ccccc3)O[C@H](OCCOCCO)C2)c2ccccc21. The molecule has 0 aliphatic carbocycles. The molecule has 0 radical (unpaired) electrons. The fourth-order valence-corrected chi connectivity index (χ4v) is 4.17. The second-order valence-electron chi connectivity index (χ2n) is 8.29. The minimum Gasteiger partial charge on any atom is -0.459 e. The summed E-state index contributed by atoms with van der Waals surface area (Å²) in [7, 11) is 0. The molecule has 184 valence electrons. The number of amides is 1. The van der Waals surface area contributed by atoms with Gasteiger partial charge in [-0.3, -0.25) is 14.2 Å². The number of allylic oxidation sites excluding steroid dienone is 1. The van der Waals surface area contributed by atoms with Crippen molar-refractivity contribution >= 4 is 22.7 Å². The molecule has 0 bridgehead atoms. The van der Waals surface area contributed by atoms with Crippen LogP contribution in [-0.4, -0.2) is 54.2 Å². The monoisotopic (exact) mass is 478 g/mol. The summed E-state index contributed by atoms with van der Waals surface area (Å²) in [4.78, 5) is 25.3. The molecule has 8 heteroatoms. The van der Waals surface area contributed by atoms with Gasteiger partial charge in [0.25, 0.3) is 5.91 Å². The summed E-state index contributed by atoms with van der Waals surface area (Å²) in [5, 5.41) is 12.7. The summed E-state index contributed by atoms with van der Waals surface area (Å²) < 4.78 is 18.7. The Morgan fingerprint density at radius 3 is 2.63 bits per heavy atom. The summed E-state index contributed by atoms with van der Waals surface area (Å²) in [6, 6.07) is 17.3. The number of carbonyl (C=O) groups excluding carboxylic acids is 2. The van der Waals surface area contributed by atoms with Gasteiger partial charge in [0.1, 0.15) is 0 Å². The average molecular weight is 479 g/mol. The molecule has 2 heterocycles. The molecule has 0 saturated heterocycles. The number of aliphatic hydroxyl groups excluding tert-OH is 1. The smallest absolute Gasteiger partial charge is 0.286 e. The zero-order valence-electron chi connectivity index (χ0n) is 19.7. The number of ether oxygens (including phenoxy) is 3. The molecule has 35 heavy (non-hydrogen) atoms. The quantitative estimate of drug-likeness (QED) is 0.434. The molecule has 1 amide bonds. The van der Waals surface area contributed by atoms with Crippen molar-refractivity contribution in [2.75, 3.05) is 26.4 Å². The molecule has 0 fully saturated rings. The molecule has 0 spiro atoms. The van der Waals surface area contributed by atoms with Crippen molar-refractivity contribution < 1.29 is 28.9 Å². The zero-order chi connectivity index (χ0) is 24.6. The van der Waals surface area contributed by atoms with E-state index in [1.807, 2.05) is 60.8 Å². The fraction of sp³-hybridized carbons (Fsp3) is 0.333. The van der Waals surface area contributed by atoms with Crippen LogP contribution in [-0.2, 0) is 25.5 Å². The second kappa shape index (κ2) is 11.8. The molecule has 1 aromatic heterocycles. The molecule has 3 aromatic rings. The number of fused-ring (bicyclic) bond motifs is 1. The Bertz CT molecular complexity index is 1190. The molecule has 1 aliphatic rings. The van der Waals surface area contributed by atoms with Crippen molar-refractivity contribution in [1.82, 2.24) is 9.88 Å². The van der Waals surface area contributed by atoms with Crippen molar-refractivity contribution in [3.05, 3.63) is 83.8 Å². The lowest BCUT2D eigenvalue weighted by Gasteiger charge is -2.29. The molecule has 0 saturated carbocycles. The number of hydrogen-bond acceptors (Lipinski definition) is 6. The first-order valence-electron chi connectivity index (χ1n) is 11.7. The van der Waals surface area contributed by atoms with E-state index in [0.717, 1.165) is 22.0 Å². The molecule has 8 nitrogen and oxygen atoms in total. The predicted molar refractivity (Wildman–Crippen MR) is 131 cm³/mol. The Morgan fingerprint density at radius 1 is 1.09 bits per heavy atom. The van der Waals surface area contributed by atoms with Crippen LogP contribution in [0.2, 0.25) is 0 Å². The van der Waals surface area contributed by atoms with Gasteiger partial charge in [-0.15, -0.1) is 0 Å². The highest BCUT2D eigenvalue weighted by molar-refractivity contribution is 5.95. The van der Waals surface area contributed by atoms with Gasteiger partial charge in [0.05, 0.1) is 31.9 Å². The first kappa shape index (κ1) is 24.7. The van der Waals surface area contributed by atoms with E-state index in [9.17, 15) is 9.59 Å². The van der Waals surface area contributed by atoms with E-state index in [1.165, 1.54) is 6.92 Å². The molecular weight excluding hydrogens is 448 g/mol. The van der Waals surface area contributed by atoms with Crippen molar-refractivity contribution in [3.8, 4) is 0 Å². The van der Waals surface area contributed by atoms with Gasteiger partial charge in [-0.05, 0) is 23.3 Å². The van der Waals surface area contributed by atoms with E-state index in [2.05, 4.69) is 5.32 Å². The number of rotatable bonds is 10. The van der Waals surface area contributed by atoms with Crippen LogP contribution in [0.15, 0.2) is 72.6 Å². The van der Waals surface area contributed by atoms with Gasteiger partial charge in [0.2, 0.25) is 12.2 Å². The number of benzene rings is 2. The van der Waals surface area contributed by atoms with Gasteiger partial charge in [-0.2, -0.15) is 0 Å². The van der Waals surface area contributed by atoms with Gasteiger partial charge in [-0.25, -0.2) is 0 Å². The Balaban J connectivity index is 1.57. The van der Waals surface area contributed by atoms with E-state index < -0.39 is 6.29 Å². The van der Waals surface area contributed by atoms with Gasteiger partial charge in [0, 0.05) is 37.4 Å². The normalized spacial score (nSPS) is 17.6. The Labute approximate surface area is 204 Å². The molecule has 1 aliphatic heterocycles. The Hall–Kier alpha value is -3.46. The minimum atomic E-state index is -0.667. The molecular formula is C27H30N2O6. The van der Waals surface area contributed by atoms with Crippen LogP contribution < -0.4 is 5.32 Å². The maximum atomic E-state index is 13.0. The van der Waals surface area contributed by atoms with Crippen molar-refractivity contribution in [3.63, 3.8) is 0 Å². The van der Waals surface area contributed by atoms with Crippen molar-refractivity contribution in [2.24, 2.45) is 0 Å². The molecule has 4 rings (SSSR count). The van der Waals surface area contributed by atoms with Crippen LogP contribution in [0.3, 0.4) is 0 Å². The minimum absolute atomic E-state index is 0.0588. The number of hydrogen-bond donors (Lipinski definition) is 2. The first-order valence-corrected chi connectivity index (χ1v) is 11.7. The fourth-order valence-electron chi connectivity index (χ4n) is 4.17. The first-order chi connectivity index (χ1) is 17.1.